The molecule has 1 saturated carbocycles. The number of hydrogen-bond donors (Lipinski definition) is 1. The molecule has 0 heterocycles. The number of rotatable bonds is 8. The Bertz CT molecular complexity index is 145. The highest BCUT2D eigenvalue weighted by atomic mass is 14.9. The lowest BCUT2D eigenvalue weighted by Gasteiger charge is -2.34. The molecule has 1 aliphatic rings. The van der Waals surface area contributed by atoms with E-state index in [0.717, 1.165) is 24.4 Å². The second kappa shape index (κ2) is 7.27. The highest BCUT2D eigenvalue weighted by molar-refractivity contribution is 4.80. The molecule has 2 atom stereocenters. The van der Waals surface area contributed by atoms with Crippen LogP contribution < -0.4 is 5.32 Å². The summed E-state index contributed by atoms with van der Waals surface area (Å²) >= 11 is 0. The Balaban J connectivity index is 2.35. The topological polar surface area (TPSA) is 12.0 Å². The summed E-state index contributed by atoms with van der Waals surface area (Å²) in [6.07, 6.45) is 10.0. The summed E-state index contributed by atoms with van der Waals surface area (Å²) in [6, 6.07) is 0.783. The highest BCUT2D eigenvalue weighted by Gasteiger charge is 2.25. The molecule has 0 aromatic heterocycles. The van der Waals surface area contributed by atoms with E-state index >= 15 is 0 Å². The van der Waals surface area contributed by atoms with Gasteiger partial charge in [-0.1, -0.05) is 52.9 Å². The zero-order valence-corrected chi connectivity index (χ0v) is 10.9. The molecule has 2 unspecified atom stereocenters. The van der Waals surface area contributed by atoms with Crippen LogP contribution in [0.4, 0.5) is 0 Å². The first-order chi connectivity index (χ1) is 7.31. The third kappa shape index (κ3) is 4.14. The first kappa shape index (κ1) is 13.0. The molecule has 0 radical (unpaired) electrons. The molecule has 1 rings (SSSR count). The van der Waals surface area contributed by atoms with Gasteiger partial charge in [0, 0.05) is 6.04 Å². The second-order valence-corrected chi connectivity index (χ2v) is 5.15. The van der Waals surface area contributed by atoms with E-state index in [0.29, 0.717) is 0 Å². The predicted octanol–water partition coefficient (Wildman–Crippen LogP) is 3.98. The highest BCUT2D eigenvalue weighted by Crippen LogP contribution is 2.34. The average Bonchev–Trinajstić information content (AvgIpc) is 2.17. The second-order valence-electron chi connectivity index (χ2n) is 5.15. The van der Waals surface area contributed by atoms with Crippen LogP contribution in [0.25, 0.3) is 0 Å². The Kier molecular flexibility index (Phi) is 6.31. The minimum Gasteiger partial charge on any atom is -0.314 e. The van der Waals surface area contributed by atoms with Crippen LogP contribution in [-0.4, -0.2) is 12.6 Å². The van der Waals surface area contributed by atoms with Crippen molar-refractivity contribution in [2.75, 3.05) is 6.54 Å². The van der Waals surface area contributed by atoms with Crippen molar-refractivity contribution in [3.63, 3.8) is 0 Å². The van der Waals surface area contributed by atoms with E-state index in [1.807, 2.05) is 0 Å². The molecule has 1 nitrogen and oxygen atoms in total. The van der Waals surface area contributed by atoms with Crippen LogP contribution in [0.15, 0.2) is 0 Å². The van der Waals surface area contributed by atoms with Crippen molar-refractivity contribution in [1.82, 2.24) is 5.32 Å². The quantitative estimate of drug-likeness (QED) is 0.640. The van der Waals surface area contributed by atoms with Gasteiger partial charge in [0.1, 0.15) is 0 Å². The zero-order chi connectivity index (χ0) is 11.1. The van der Waals surface area contributed by atoms with Crippen molar-refractivity contribution in [1.29, 1.82) is 0 Å². The van der Waals surface area contributed by atoms with Crippen LogP contribution in [0.1, 0.15) is 65.7 Å². The lowest BCUT2D eigenvalue weighted by atomic mass is 9.75. The van der Waals surface area contributed by atoms with Crippen LogP contribution >= 0.6 is 0 Å². The van der Waals surface area contributed by atoms with Crippen LogP contribution in [0, 0.1) is 11.8 Å². The first-order valence-electron chi connectivity index (χ1n) is 7.05. The Morgan fingerprint density at radius 1 is 1.20 bits per heavy atom. The van der Waals surface area contributed by atoms with Gasteiger partial charge in [0.05, 0.1) is 0 Å². The van der Waals surface area contributed by atoms with Gasteiger partial charge in [0.2, 0.25) is 0 Å². The Labute approximate surface area is 96.0 Å². The minimum atomic E-state index is 0.783. The van der Waals surface area contributed by atoms with Crippen molar-refractivity contribution in [3.8, 4) is 0 Å². The first-order valence-corrected chi connectivity index (χ1v) is 7.05. The third-order valence-electron chi connectivity index (χ3n) is 4.02. The van der Waals surface area contributed by atoms with Crippen LogP contribution in [0.3, 0.4) is 0 Å². The standard InChI is InChI=1S/C14H29N/c1-4-8-14(15-6-3)13(5-2)11-12-9-7-10-12/h12-15H,4-11H2,1-3H3. The van der Waals surface area contributed by atoms with Gasteiger partial charge in [-0.15, -0.1) is 0 Å². The van der Waals surface area contributed by atoms with Gasteiger partial charge >= 0.3 is 0 Å². The molecule has 0 bridgehead atoms. The summed E-state index contributed by atoms with van der Waals surface area (Å²) in [7, 11) is 0. The normalized spacial score (nSPS) is 21.0. The summed E-state index contributed by atoms with van der Waals surface area (Å²) in [5.41, 5.74) is 0. The monoisotopic (exact) mass is 211 g/mol. The summed E-state index contributed by atoms with van der Waals surface area (Å²) in [4.78, 5) is 0. The van der Waals surface area contributed by atoms with Crippen molar-refractivity contribution >= 4 is 0 Å². The third-order valence-corrected chi connectivity index (χ3v) is 4.02. The molecule has 0 aromatic rings. The molecule has 1 fully saturated rings. The maximum Gasteiger partial charge on any atom is 0.00951 e. The van der Waals surface area contributed by atoms with Crippen molar-refractivity contribution < 1.29 is 0 Å². The molecule has 0 aliphatic heterocycles. The Morgan fingerprint density at radius 3 is 2.33 bits per heavy atom. The Morgan fingerprint density at radius 2 is 1.93 bits per heavy atom. The van der Waals surface area contributed by atoms with Gasteiger partial charge in [0.25, 0.3) is 0 Å². The fourth-order valence-corrected chi connectivity index (χ4v) is 2.85. The summed E-state index contributed by atoms with van der Waals surface area (Å²) in [5.74, 6) is 1.99. The number of nitrogens with one attached hydrogen (secondary N) is 1. The fourth-order valence-electron chi connectivity index (χ4n) is 2.85. The number of hydrogen-bond acceptors (Lipinski definition) is 1. The van der Waals surface area contributed by atoms with Crippen molar-refractivity contribution in [2.45, 2.75) is 71.8 Å². The van der Waals surface area contributed by atoms with Gasteiger partial charge in [-0.05, 0) is 31.2 Å². The van der Waals surface area contributed by atoms with Gasteiger partial charge in [-0.2, -0.15) is 0 Å². The molecule has 1 aliphatic carbocycles. The average molecular weight is 211 g/mol. The zero-order valence-electron chi connectivity index (χ0n) is 10.9. The summed E-state index contributed by atoms with van der Waals surface area (Å²) < 4.78 is 0. The van der Waals surface area contributed by atoms with E-state index < -0.39 is 0 Å². The van der Waals surface area contributed by atoms with E-state index in [-0.39, 0.29) is 0 Å². The van der Waals surface area contributed by atoms with E-state index in [4.69, 9.17) is 0 Å². The summed E-state index contributed by atoms with van der Waals surface area (Å²) in [6.45, 7) is 8.04. The minimum absolute atomic E-state index is 0.783. The van der Waals surface area contributed by atoms with Crippen LogP contribution in [-0.2, 0) is 0 Å². The maximum absolute atomic E-state index is 3.69. The molecule has 90 valence electrons. The lowest BCUT2D eigenvalue weighted by molar-refractivity contribution is 0.206. The predicted molar refractivity (Wildman–Crippen MR) is 68.1 cm³/mol. The molecule has 0 saturated heterocycles. The molecule has 1 heteroatoms. The van der Waals surface area contributed by atoms with E-state index in [1.165, 1.54) is 44.9 Å². The van der Waals surface area contributed by atoms with Crippen molar-refractivity contribution in [3.05, 3.63) is 0 Å². The van der Waals surface area contributed by atoms with Gasteiger partial charge < -0.3 is 5.32 Å². The van der Waals surface area contributed by atoms with E-state index in [2.05, 4.69) is 26.1 Å². The summed E-state index contributed by atoms with van der Waals surface area (Å²) in [5, 5.41) is 3.69. The molecule has 15 heavy (non-hydrogen) atoms. The largest absolute Gasteiger partial charge is 0.314 e. The molecular formula is C14H29N. The van der Waals surface area contributed by atoms with Crippen LogP contribution in [0.2, 0.25) is 0 Å². The lowest BCUT2D eigenvalue weighted by Crippen LogP contribution is -2.37. The fraction of sp³-hybridized carbons (Fsp3) is 1.00. The van der Waals surface area contributed by atoms with E-state index in [1.54, 1.807) is 0 Å². The molecule has 0 aromatic carbocycles. The van der Waals surface area contributed by atoms with Crippen molar-refractivity contribution in [2.24, 2.45) is 11.8 Å². The smallest absolute Gasteiger partial charge is 0.00951 e. The molecular weight excluding hydrogens is 182 g/mol. The van der Waals surface area contributed by atoms with Gasteiger partial charge in [-0.25, -0.2) is 0 Å². The Hall–Kier alpha value is -0.0400. The SMILES string of the molecule is CCCC(NCC)C(CC)CC1CCC1. The van der Waals surface area contributed by atoms with Gasteiger partial charge in [-0.3, -0.25) is 0 Å². The van der Waals surface area contributed by atoms with Crippen LogP contribution in [0.5, 0.6) is 0 Å². The maximum atomic E-state index is 3.69. The van der Waals surface area contributed by atoms with E-state index in [9.17, 15) is 0 Å². The molecule has 0 amide bonds. The van der Waals surface area contributed by atoms with Gasteiger partial charge in [0.15, 0.2) is 0 Å². The molecule has 0 spiro atoms. The molecule has 1 N–H and O–H groups in total.